The van der Waals surface area contributed by atoms with E-state index in [1.54, 1.807) is 30.7 Å². The second-order valence-corrected chi connectivity index (χ2v) is 10.3. The van der Waals surface area contributed by atoms with E-state index >= 15 is 0 Å². The first-order valence-corrected chi connectivity index (χ1v) is 12.7. The molecule has 0 bridgehead atoms. The average molecular weight is 462 g/mol. The highest BCUT2D eigenvalue weighted by molar-refractivity contribution is 6.48. The predicted octanol–water partition coefficient (Wildman–Crippen LogP) is 4.51. The van der Waals surface area contributed by atoms with Crippen LogP contribution in [0.25, 0.3) is 10.9 Å². The lowest BCUT2D eigenvalue weighted by Crippen LogP contribution is -2.21. The lowest BCUT2D eigenvalue weighted by Gasteiger charge is -2.22. The Balaban J connectivity index is 1.87. The van der Waals surface area contributed by atoms with Crippen molar-refractivity contribution in [3.8, 4) is 0 Å². The second-order valence-electron chi connectivity index (χ2n) is 8.22. The van der Waals surface area contributed by atoms with Crippen LogP contribution < -0.4 is 5.32 Å². The van der Waals surface area contributed by atoms with Crippen molar-refractivity contribution >= 4 is 31.5 Å². The van der Waals surface area contributed by atoms with Gasteiger partial charge in [0.05, 0.1) is 11.1 Å². The van der Waals surface area contributed by atoms with Gasteiger partial charge in [-0.15, -0.1) is 0 Å². The highest BCUT2D eigenvalue weighted by Crippen LogP contribution is 2.32. The molecule has 2 aromatic heterocycles. The maximum Gasteiger partial charge on any atom is 0.280 e. The second kappa shape index (κ2) is 9.84. The van der Waals surface area contributed by atoms with Crippen LogP contribution in [0, 0.1) is 0 Å². The fraction of sp³-hybridized carbons (Fsp3) is 0.409. The molecule has 2 N–H and O–H groups in total. The zero-order valence-electron chi connectivity index (χ0n) is 18.5. The van der Waals surface area contributed by atoms with Gasteiger partial charge in [0, 0.05) is 36.0 Å². The Morgan fingerprint density at radius 3 is 2.72 bits per heavy atom. The number of nitrogens with zero attached hydrogens (tertiary/aromatic N) is 3. The predicted molar refractivity (Wildman–Crippen MR) is 120 cm³/mol. The first-order chi connectivity index (χ1) is 15.0. The summed E-state index contributed by atoms with van der Waals surface area (Å²) in [6, 6.07) is 7.33. The maximum absolute atomic E-state index is 12.9. The Kier molecular flexibility index (Phi) is 7.37. The smallest absolute Gasteiger partial charge is 0.280 e. The fourth-order valence-corrected chi connectivity index (χ4v) is 3.79. The first kappa shape index (κ1) is 24.0. The topological polar surface area (TPSA) is 89.3 Å². The largest absolute Gasteiger partial charge is 0.417 e. The summed E-state index contributed by atoms with van der Waals surface area (Å²) in [6.45, 7) is 8.71. The SMILES string of the molecule is C[Si](C)OCCCn1cc2cc(NC(=O)c3cccc(C(F)F)n3)c(C(C)(C)O)cc2n1. The van der Waals surface area contributed by atoms with E-state index in [9.17, 15) is 18.7 Å². The van der Waals surface area contributed by atoms with Gasteiger partial charge in [-0.25, -0.2) is 13.8 Å². The van der Waals surface area contributed by atoms with Crippen molar-refractivity contribution in [1.82, 2.24) is 14.8 Å². The molecule has 10 heteroatoms. The van der Waals surface area contributed by atoms with Crippen molar-refractivity contribution in [2.24, 2.45) is 0 Å². The van der Waals surface area contributed by atoms with Gasteiger partial charge >= 0.3 is 0 Å². The number of aryl methyl sites for hydroxylation is 1. The molecule has 0 saturated heterocycles. The average Bonchev–Trinajstić information content (AvgIpc) is 3.11. The van der Waals surface area contributed by atoms with Gasteiger partial charge in [-0.05, 0) is 57.6 Å². The zero-order valence-corrected chi connectivity index (χ0v) is 19.5. The number of alkyl halides is 2. The third-order valence-corrected chi connectivity index (χ3v) is 5.53. The standard InChI is InChI=1S/C22H27F2N4O3Si/c1-22(2,30)15-12-18-14(13-28(27-18)9-6-10-31-32(3)4)11-19(15)26-21(29)17-8-5-7-16(25-17)20(23)24/h5,7-8,11-13,20,30H,6,9-10H2,1-4H3,(H,26,29). The van der Waals surface area contributed by atoms with Gasteiger partial charge in [-0.3, -0.25) is 9.48 Å². The number of benzene rings is 1. The van der Waals surface area contributed by atoms with Crippen molar-refractivity contribution in [3.63, 3.8) is 0 Å². The molecule has 0 unspecified atom stereocenters. The summed E-state index contributed by atoms with van der Waals surface area (Å²) in [5.41, 5.74) is -0.372. The monoisotopic (exact) mass is 461 g/mol. The molecule has 0 spiro atoms. The van der Waals surface area contributed by atoms with Crippen molar-refractivity contribution in [2.75, 3.05) is 11.9 Å². The molecular weight excluding hydrogens is 434 g/mol. The summed E-state index contributed by atoms with van der Waals surface area (Å²) in [4.78, 5) is 16.4. The van der Waals surface area contributed by atoms with Gasteiger partial charge in [0.1, 0.15) is 11.4 Å². The van der Waals surface area contributed by atoms with Gasteiger partial charge in [-0.2, -0.15) is 5.10 Å². The molecule has 7 nitrogen and oxygen atoms in total. The van der Waals surface area contributed by atoms with Crippen molar-refractivity contribution < 1.29 is 23.1 Å². The van der Waals surface area contributed by atoms with Crippen molar-refractivity contribution in [1.29, 1.82) is 0 Å². The molecule has 1 radical (unpaired) electrons. The Bertz CT molecular complexity index is 1100. The number of aliphatic hydroxyl groups is 1. The highest BCUT2D eigenvalue weighted by atomic mass is 28.3. The van der Waals surface area contributed by atoms with Gasteiger partial charge in [-0.1, -0.05) is 6.07 Å². The van der Waals surface area contributed by atoms with E-state index in [2.05, 4.69) is 28.5 Å². The number of fused-ring (bicyclic) bond motifs is 1. The van der Waals surface area contributed by atoms with Crippen LogP contribution in [-0.4, -0.2) is 41.4 Å². The molecule has 0 aliphatic rings. The fourth-order valence-electron chi connectivity index (χ4n) is 3.24. The molecule has 171 valence electrons. The number of hydrogen-bond acceptors (Lipinski definition) is 5. The molecule has 3 rings (SSSR count). The van der Waals surface area contributed by atoms with E-state index in [4.69, 9.17) is 4.43 Å². The molecule has 0 fully saturated rings. The number of nitrogens with one attached hydrogen (secondary N) is 1. The first-order valence-electron chi connectivity index (χ1n) is 10.3. The number of anilines is 1. The molecule has 32 heavy (non-hydrogen) atoms. The number of carbonyl (C=O) groups excluding carboxylic acids is 1. The Morgan fingerprint density at radius 2 is 2.06 bits per heavy atom. The van der Waals surface area contributed by atoms with Crippen LogP contribution in [0.1, 0.15) is 48.4 Å². The Morgan fingerprint density at radius 1 is 1.31 bits per heavy atom. The Hall–Kier alpha value is -2.69. The third-order valence-electron chi connectivity index (χ3n) is 4.75. The molecule has 1 aromatic carbocycles. The number of pyridine rings is 1. The number of amides is 1. The van der Waals surface area contributed by atoms with Gasteiger partial charge in [0.15, 0.2) is 0 Å². The van der Waals surface area contributed by atoms with Crippen LogP contribution >= 0.6 is 0 Å². The minimum Gasteiger partial charge on any atom is -0.417 e. The summed E-state index contributed by atoms with van der Waals surface area (Å²) in [6.07, 6.45) is -0.0965. The molecule has 3 aromatic rings. The number of carbonyl (C=O) groups is 1. The summed E-state index contributed by atoms with van der Waals surface area (Å²) < 4.78 is 33.3. The van der Waals surface area contributed by atoms with Gasteiger partial charge < -0.3 is 14.8 Å². The Labute approximate surface area is 187 Å². The lowest BCUT2D eigenvalue weighted by molar-refractivity contribution is 0.0793. The van der Waals surface area contributed by atoms with Gasteiger partial charge in [0.2, 0.25) is 9.04 Å². The molecule has 0 saturated carbocycles. The van der Waals surface area contributed by atoms with Crippen molar-refractivity contribution in [3.05, 3.63) is 53.5 Å². The van der Waals surface area contributed by atoms with Crippen LogP contribution in [0.4, 0.5) is 14.5 Å². The van der Waals surface area contributed by atoms with E-state index in [0.29, 0.717) is 29.9 Å². The quantitative estimate of drug-likeness (QED) is 0.362. The van der Waals surface area contributed by atoms with E-state index < -0.39 is 32.7 Å². The molecular formula is C22H27F2N4O3Si. The molecule has 0 atom stereocenters. The lowest BCUT2D eigenvalue weighted by atomic mass is 9.95. The van der Waals surface area contributed by atoms with Crippen LogP contribution in [0.15, 0.2) is 36.5 Å². The third kappa shape index (κ3) is 5.96. The summed E-state index contributed by atoms with van der Waals surface area (Å²) in [7, 11) is -0.726. The van der Waals surface area contributed by atoms with E-state index in [1.807, 2.05) is 6.20 Å². The molecule has 0 aliphatic heterocycles. The van der Waals surface area contributed by atoms with Crippen LogP contribution in [0.5, 0.6) is 0 Å². The number of aromatic nitrogens is 3. The van der Waals surface area contributed by atoms with E-state index in [-0.39, 0.29) is 5.69 Å². The normalized spacial score (nSPS) is 12.2. The van der Waals surface area contributed by atoms with Crippen molar-refractivity contribution in [2.45, 2.75) is 51.9 Å². The maximum atomic E-state index is 12.9. The van der Waals surface area contributed by atoms with Crippen LogP contribution in [0.3, 0.4) is 0 Å². The number of rotatable bonds is 9. The van der Waals surface area contributed by atoms with Crippen LogP contribution in [0.2, 0.25) is 13.1 Å². The molecule has 0 aliphatic carbocycles. The zero-order chi connectivity index (χ0) is 23.5. The summed E-state index contributed by atoms with van der Waals surface area (Å²) >= 11 is 0. The minimum absolute atomic E-state index is 0.131. The van der Waals surface area contributed by atoms with Crippen LogP contribution in [-0.2, 0) is 16.6 Å². The number of halogens is 2. The van der Waals surface area contributed by atoms with E-state index in [0.717, 1.165) is 17.9 Å². The van der Waals surface area contributed by atoms with Gasteiger partial charge in [0.25, 0.3) is 12.3 Å². The van der Waals surface area contributed by atoms with E-state index in [1.165, 1.54) is 12.1 Å². The molecule has 2 heterocycles. The minimum atomic E-state index is -2.77. The summed E-state index contributed by atoms with van der Waals surface area (Å²) in [5, 5.41) is 18.7. The molecule has 1 amide bonds. The summed E-state index contributed by atoms with van der Waals surface area (Å²) in [5.74, 6) is -0.640. The highest BCUT2D eigenvalue weighted by Gasteiger charge is 2.24. The number of hydrogen-bond donors (Lipinski definition) is 2.